The first-order valence-electron chi connectivity index (χ1n) is 3.36. The van der Waals surface area contributed by atoms with Crippen LogP contribution in [0.4, 0.5) is 0 Å². The van der Waals surface area contributed by atoms with Crippen LogP contribution in [0.1, 0.15) is 20.3 Å². The molecular formula is C6H13O6P. The van der Waals surface area contributed by atoms with Crippen molar-refractivity contribution in [2.45, 2.75) is 20.3 Å². The van der Waals surface area contributed by atoms with Gasteiger partial charge in [0.15, 0.2) is 0 Å². The van der Waals surface area contributed by atoms with Gasteiger partial charge in [-0.05, 0) is 13.3 Å². The van der Waals surface area contributed by atoms with E-state index in [1.54, 1.807) is 13.0 Å². The topological polar surface area (TPSA) is 115 Å². The summed E-state index contributed by atoms with van der Waals surface area (Å²) in [5.41, 5.74) is 0.424. The Morgan fingerprint density at radius 3 is 1.77 bits per heavy atom. The lowest BCUT2D eigenvalue weighted by atomic mass is 10.2. The van der Waals surface area contributed by atoms with Crippen LogP contribution in [0.5, 0.6) is 0 Å². The molecule has 0 radical (unpaired) electrons. The average Bonchev–Trinajstić information content (AvgIpc) is 1.84. The van der Waals surface area contributed by atoms with Crippen LogP contribution in [0, 0.1) is 0 Å². The molecule has 0 saturated carbocycles. The molecule has 0 fully saturated rings. The van der Waals surface area contributed by atoms with Gasteiger partial charge < -0.3 is 19.8 Å². The molecule has 0 atom stereocenters. The van der Waals surface area contributed by atoms with Crippen LogP contribution in [0.3, 0.4) is 0 Å². The predicted molar refractivity (Wildman–Crippen MR) is 45.9 cm³/mol. The Balaban J connectivity index is 0. The number of carbonyl (C=O) groups is 1. The zero-order valence-electron chi connectivity index (χ0n) is 7.34. The van der Waals surface area contributed by atoms with Crippen LogP contribution >= 0.6 is 7.82 Å². The van der Waals surface area contributed by atoms with E-state index < -0.39 is 13.8 Å². The molecule has 0 spiro atoms. The maximum atomic E-state index is 10.0. The highest BCUT2D eigenvalue weighted by molar-refractivity contribution is 7.45. The zero-order chi connectivity index (χ0) is 11.1. The molecule has 78 valence electrons. The van der Waals surface area contributed by atoms with E-state index in [1.807, 2.05) is 6.92 Å². The molecular weight excluding hydrogens is 199 g/mol. The van der Waals surface area contributed by atoms with Crippen molar-refractivity contribution in [2.24, 2.45) is 0 Å². The van der Waals surface area contributed by atoms with Crippen LogP contribution in [-0.2, 0) is 9.36 Å². The standard InChI is InChI=1S/C6H10O2.H3O4P/c1-3-4-5(2)6(7)8;1-5(2,3)4/h4H,3H2,1-2H3,(H,7,8);(H3,1,2,3,4). The Morgan fingerprint density at radius 2 is 1.69 bits per heavy atom. The molecule has 0 aliphatic heterocycles. The first kappa shape index (κ1) is 14.8. The molecule has 0 aliphatic carbocycles. The molecule has 13 heavy (non-hydrogen) atoms. The highest BCUT2D eigenvalue weighted by atomic mass is 31.2. The number of hydrogen-bond donors (Lipinski definition) is 4. The van der Waals surface area contributed by atoms with Gasteiger partial charge in [0.25, 0.3) is 0 Å². The third-order valence-corrected chi connectivity index (χ3v) is 0.848. The van der Waals surface area contributed by atoms with Gasteiger partial charge in [-0.2, -0.15) is 0 Å². The average molecular weight is 212 g/mol. The minimum atomic E-state index is -4.64. The maximum Gasteiger partial charge on any atom is 0.466 e. The van der Waals surface area contributed by atoms with Crippen LogP contribution in [-0.4, -0.2) is 25.8 Å². The van der Waals surface area contributed by atoms with E-state index >= 15 is 0 Å². The van der Waals surface area contributed by atoms with Gasteiger partial charge in [0.2, 0.25) is 0 Å². The van der Waals surface area contributed by atoms with Gasteiger partial charge in [-0.15, -0.1) is 0 Å². The van der Waals surface area contributed by atoms with E-state index in [0.717, 1.165) is 6.42 Å². The van der Waals surface area contributed by atoms with Crippen LogP contribution < -0.4 is 0 Å². The molecule has 0 aromatic heterocycles. The fraction of sp³-hybridized carbons (Fsp3) is 0.500. The van der Waals surface area contributed by atoms with Crippen LogP contribution in [0.15, 0.2) is 11.6 Å². The molecule has 0 bridgehead atoms. The Labute approximate surface area is 75.8 Å². The van der Waals surface area contributed by atoms with E-state index in [9.17, 15) is 4.79 Å². The number of allylic oxidation sites excluding steroid dienone is 1. The third-order valence-electron chi connectivity index (χ3n) is 0.848. The van der Waals surface area contributed by atoms with E-state index in [2.05, 4.69) is 0 Å². The van der Waals surface area contributed by atoms with Gasteiger partial charge in [0.1, 0.15) is 0 Å². The van der Waals surface area contributed by atoms with E-state index in [-0.39, 0.29) is 0 Å². The van der Waals surface area contributed by atoms with Crippen molar-refractivity contribution in [3.05, 3.63) is 11.6 Å². The van der Waals surface area contributed by atoms with Gasteiger partial charge in [0.05, 0.1) is 0 Å². The van der Waals surface area contributed by atoms with E-state index in [1.165, 1.54) is 0 Å². The van der Waals surface area contributed by atoms with Crippen molar-refractivity contribution in [1.82, 2.24) is 0 Å². The third kappa shape index (κ3) is 24.6. The van der Waals surface area contributed by atoms with Crippen LogP contribution in [0.2, 0.25) is 0 Å². The van der Waals surface area contributed by atoms with E-state index in [4.69, 9.17) is 24.4 Å². The second kappa shape index (κ2) is 6.80. The zero-order valence-corrected chi connectivity index (χ0v) is 8.23. The second-order valence-electron chi connectivity index (χ2n) is 2.11. The monoisotopic (exact) mass is 212 g/mol. The van der Waals surface area contributed by atoms with Gasteiger partial charge >= 0.3 is 13.8 Å². The van der Waals surface area contributed by atoms with Gasteiger partial charge in [-0.25, -0.2) is 9.36 Å². The first-order valence-corrected chi connectivity index (χ1v) is 4.93. The number of hydrogen-bond acceptors (Lipinski definition) is 2. The molecule has 0 aromatic carbocycles. The maximum absolute atomic E-state index is 10.0. The molecule has 6 nitrogen and oxygen atoms in total. The summed E-state index contributed by atoms with van der Waals surface area (Å²) in [5.74, 6) is -0.827. The van der Waals surface area contributed by atoms with Crippen molar-refractivity contribution in [3.8, 4) is 0 Å². The fourth-order valence-electron chi connectivity index (χ4n) is 0.393. The van der Waals surface area contributed by atoms with Crippen molar-refractivity contribution in [3.63, 3.8) is 0 Å². The Morgan fingerprint density at radius 1 is 1.38 bits per heavy atom. The Hall–Kier alpha value is -0.680. The molecule has 0 aliphatic rings. The minimum absolute atomic E-state index is 0.424. The molecule has 0 aromatic rings. The summed E-state index contributed by atoms with van der Waals surface area (Å²) >= 11 is 0. The largest absolute Gasteiger partial charge is 0.478 e. The van der Waals surface area contributed by atoms with E-state index in [0.29, 0.717) is 5.57 Å². The number of phosphoric acid groups is 1. The van der Waals surface area contributed by atoms with Crippen molar-refractivity contribution in [1.29, 1.82) is 0 Å². The normalized spacial score (nSPS) is 11.6. The molecule has 4 N–H and O–H groups in total. The quantitative estimate of drug-likeness (QED) is 0.391. The lowest BCUT2D eigenvalue weighted by Gasteiger charge is -1.87. The summed E-state index contributed by atoms with van der Waals surface area (Å²) in [5, 5.41) is 8.24. The van der Waals surface area contributed by atoms with Gasteiger partial charge in [0, 0.05) is 5.57 Å². The summed E-state index contributed by atoms with van der Waals surface area (Å²) in [6, 6.07) is 0. The molecule has 0 amide bonds. The summed E-state index contributed by atoms with van der Waals surface area (Å²) in [7, 11) is -4.64. The number of carboxylic acids is 1. The highest BCUT2D eigenvalue weighted by Crippen LogP contribution is 2.25. The number of rotatable bonds is 2. The predicted octanol–water partition coefficient (Wildman–Crippen LogP) is 0.499. The summed E-state index contributed by atoms with van der Waals surface area (Å²) in [4.78, 5) is 31.6. The lowest BCUT2D eigenvalue weighted by Crippen LogP contribution is -1.94. The van der Waals surface area contributed by atoms with Crippen molar-refractivity contribution in [2.75, 3.05) is 0 Å². The first-order chi connectivity index (χ1) is 5.68. The SMILES string of the molecule is CCC=C(C)C(=O)O.O=P(O)(O)O. The summed E-state index contributed by atoms with van der Waals surface area (Å²) < 4.78 is 8.88. The fourth-order valence-corrected chi connectivity index (χ4v) is 0.393. The molecule has 0 heterocycles. The molecule has 0 saturated heterocycles. The highest BCUT2D eigenvalue weighted by Gasteiger charge is 2.00. The van der Waals surface area contributed by atoms with Gasteiger partial charge in [-0.1, -0.05) is 13.0 Å². The molecule has 7 heteroatoms. The lowest BCUT2D eigenvalue weighted by molar-refractivity contribution is -0.132. The summed E-state index contributed by atoms with van der Waals surface area (Å²) in [6.45, 7) is 3.50. The summed E-state index contributed by atoms with van der Waals surface area (Å²) in [6.07, 6.45) is 2.47. The second-order valence-corrected chi connectivity index (χ2v) is 3.14. The number of carboxylic acid groups (broad SMARTS) is 1. The Bertz CT molecular complexity index is 219. The number of aliphatic carboxylic acids is 1. The van der Waals surface area contributed by atoms with Crippen LogP contribution in [0.25, 0.3) is 0 Å². The molecule has 0 rings (SSSR count). The molecule has 0 unspecified atom stereocenters. The van der Waals surface area contributed by atoms with Crippen molar-refractivity contribution >= 4 is 13.8 Å². The Kier molecular flexibility index (Phi) is 7.75. The smallest absolute Gasteiger partial charge is 0.466 e. The van der Waals surface area contributed by atoms with Crippen molar-refractivity contribution < 1.29 is 29.1 Å². The minimum Gasteiger partial charge on any atom is -0.478 e. The van der Waals surface area contributed by atoms with Gasteiger partial charge in [-0.3, -0.25) is 0 Å².